The van der Waals surface area contributed by atoms with Gasteiger partial charge in [-0.25, -0.2) is 0 Å². The van der Waals surface area contributed by atoms with Crippen LogP contribution in [0.15, 0.2) is 12.2 Å². The fourth-order valence-electron chi connectivity index (χ4n) is 6.46. The summed E-state index contributed by atoms with van der Waals surface area (Å²) in [5.74, 6) is 8.57. The van der Waals surface area contributed by atoms with Gasteiger partial charge in [0.1, 0.15) is 0 Å². The molecule has 4 bridgehead atoms. The predicted molar refractivity (Wildman–Crippen MR) is 76.1 cm³/mol. The summed E-state index contributed by atoms with van der Waals surface area (Å²) in [6.45, 7) is 4.89. The van der Waals surface area contributed by atoms with Gasteiger partial charge in [-0.05, 0) is 66.6 Å². The number of allylic oxidation sites excluding steroid dienone is 2. The standard InChI is InChI=1S/C18H28/c1-3-4-5-11(2)15-9-14-10-16(15)18-13-7-6-12(8-13)17(14)18/h6-7,11-18H,3-5,8-10H2,1-2H3. The van der Waals surface area contributed by atoms with Crippen molar-refractivity contribution in [1.29, 1.82) is 0 Å². The maximum atomic E-state index is 2.58. The Morgan fingerprint density at radius 2 is 1.83 bits per heavy atom. The molecule has 8 atom stereocenters. The molecule has 3 saturated carbocycles. The lowest BCUT2D eigenvalue weighted by Gasteiger charge is -2.39. The van der Waals surface area contributed by atoms with Crippen LogP contribution in [-0.4, -0.2) is 0 Å². The molecule has 0 N–H and O–H groups in total. The molecule has 0 aromatic rings. The lowest BCUT2D eigenvalue weighted by Crippen LogP contribution is -2.33. The number of hydrogen-bond acceptors (Lipinski definition) is 0. The molecular weight excluding hydrogens is 216 g/mol. The first kappa shape index (κ1) is 11.6. The predicted octanol–water partition coefficient (Wildman–Crippen LogP) is 4.91. The fourth-order valence-corrected chi connectivity index (χ4v) is 6.46. The summed E-state index contributed by atoms with van der Waals surface area (Å²) in [5.41, 5.74) is 0. The van der Waals surface area contributed by atoms with E-state index in [9.17, 15) is 0 Å². The summed E-state index contributed by atoms with van der Waals surface area (Å²) in [6.07, 6.45) is 14.2. The van der Waals surface area contributed by atoms with Crippen LogP contribution in [0.25, 0.3) is 0 Å². The zero-order valence-electron chi connectivity index (χ0n) is 12.0. The summed E-state index contributed by atoms with van der Waals surface area (Å²) in [6, 6.07) is 0. The molecule has 0 radical (unpaired) electrons. The van der Waals surface area contributed by atoms with Crippen LogP contribution >= 0.6 is 0 Å². The first-order valence-corrected chi connectivity index (χ1v) is 8.48. The van der Waals surface area contributed by atoms with E-state index < -0.39 is 0 Å². The maximum absolute atomic E-state index is 2.58. The molecule has 4 rings (SSSR count). The number of fused-ring (bicyclic) bond motifs is 9. The second kappa shape index (κ2) is 4.12. The SMILES string of the molecule is CCCCC(C)C1CC2CC1C1C3C=CC(C3)C21. The second-order valence-electron chi connectivity index (χ2n) is 7.78. The van der Waals surface area contributed by atoms with E-state index in [0.717, 1.165) is 47.3 Å². The molecular formula is C18H28. The molecule has 0 aliphatic heterocycles. The lowest BCUT2D eigenvalue weighted by atomic mass is 9.66. The highest BCUT2D eigenvalue weighted by atomic mass is 14.7. The monoisotopic (exact) mass is 244 g/mol. The molecule has 4 aliphatic rings. The molecule has 0 saturated heterocycles. The second-order valence-corrected chi connectivity index (χ2v) is 7.78. The quantitative estimate of drug-likeness (QED) is 0.487. The summed E-state index contributed by atoms with van der Waals surface area (Å²) in [4.78, 5) is 0. The summed E-state index contributed by atoms with van der Waals surface area (Å²) < 4.78 is 0. The summed E-state index contributed by atoms with van der Waals surface area (Å²) >= 11 is 0. The van der Waals surface area contributed by atoms with Crippen LogP contribution in [0.3, 0.4) is 0 Å². The Kier molecular flexibility index (Phi) is 2.64. The highest BCUT2D eigenvalue weighted by Crippen LogP contribution is 2.68. The van der Waals surface area contributed by atoms with Gasteiger partial charge in [0.05, 0.1) is 0 Å². The van der Waals surface area contributed by atoms with E-state index in [1.807, 2.05) is 0 Å². The van der Waals surface area contributed by atoms with Crippen molar-refractivity contribution >= 4 is 0 Å². The molecule has 0 aromatic heterocycles. The topological polar surface area (TPSA) is 0 Å². The minimum absolute atomic E-state index is 0.996. The average Bonchev–Trinajstić information content (AvgIpc) is 3.10. The third-order valence-electron chi connectivity index (χ3n) is 7.07. The first-order valence-electron chi connectivity index (χ1n) is 8.48. The molecule has 0 spiro atoms. The Morgan fingerprint density at radius 3 is 2.61 bits per heavy atom. The van der Waals surface area contributed by atoms with Gasteiger partial charge >= 0.3 is 0 Å². The number of hydrogen-bond donors (Lipinski definition) is 0. The van der Waals surface area contributed by atoms with E-state index >= 15 is 0 Å². The van der Waals surface area contributed by atoms with E-state index in [2.05, 4.69) is 26.0 Å². The van der Waals surface area contributed by atoms with Crippen molar-refractivity contribution < 1.29 is 0 Å². The van der Waals surface area contributed by atoms with E-state index in [1.54, 1.807) is 12.8 Å². The van der Waals surface area contributed by atoms with Crippen molar-refractivity contribution in [3.8, 4) is 0 Å². The van der Waals surface area contributed by atoms with Crippen molar-refractivity contribution in [1.82, 2.24) is 0 Å². The van der Waals surface area contributed by atoms with Gasteiger partial charge in [-0.3, -0.25) is 0 Å². The molecule has 3 fully saturated rings. The Balaban J connectivity index is 1.50. The van der Waals surface area contributed by atoms with Crippen LogP contribution in [0.5, 0.6) is 0 Å². The van der Waals surface area contributed by atoms with E-state index in [1.165, 1.54) is 25.7 Å². The van der Waals surface area contributed by atoms with Crippen LogP contribution < -0.4 is 0 Å². The molecule has 0 nitrogen and oxygen atoms in total. The van der Waals surface area contributed by atoms with Crippen molar-refractivity contribution in [3.05, 3.63) is 12.2 Å². The van der Waals surface area contributed by atoms with Crippen LogP contribution in [0.1, 0.15) is 52.4 Å². The van der Waals surface area contributed by atoms with Crippen molar-refractivity contribution in [3.63, 3.8) is 0 Å². The largest absolute Gasteiger partial charge is 0.0848 e. The summed E-state index contributed by atoms with van der Waals surface area (Å²) in [5, 5.41) is 0. The van der Waals surface area contributed by atoms with E-state index in [-0.39, 0.29) is 0 Å². The lowest BCUT2D eigenvalue weighted by molar-refractivity contribution is 0.111. The van der Waals surface area contributed by atoms with Gasteiger partial charge in [-0.2, -0.15) is 0 Å². The van der Waals surface area contributed by atoms with Gasteiger partial charge in [0.2, 0.25) is 0 Å². The Hall–Kier alpha value is -0.260. The minimum atomic E-state index is 0.996. The van der Waals surface area contributed by atoms with E-state index in [0.29, 0.717) is 0 Å². The smallest absolute Gasteiger partial charge is 0.0194 e. The fraction of sp³-hybridized carbons (Fsp3) is 0.889. The first-order chi connectivity index (χ1) is 8.79. The van der Waals surface area contributed by atoms with Gasteiger partial charge in [-0.1, -0.05) is 45.3 Å². The van der Waals surface area contributed by atoms with Gasteiger partial charge in [0.15, 0.2) is 0 Å². The third-order valence-corrected chi connectivity index (χ3v) is 7.07. The molecule has 0 amide bonds. The van der Waals surface area contributed by atoms with Crippen LogP contribution in [0.2, 0.25) is 0 Å². The highest BCUT2D eigenvalue weighted by Gasteiger charge is 2.61. The summed E-state index contributed by atoms with van der Waals surface area (Å²) in [7, 11) is 0. The molecule has 4 aliphatic carbocycles. The van der Waals surface area contributed by atoms with Crippen LogP contribution in [0, 0.1) is 47.3 Å². The molecule has 8 unspecified atom stereocenters. The molecule has 0 heterocycles. The number of unbranched alkanes of at least 4 members (excludes halogenated alkanes) is 1. The Labute approximate surface area is 112 Å². The molecule has 0 aromatic carbocycles. The minimum Gasteiger partial charge on any atom is -0.0848 e. The van der Waals surface area contributed by atoms with Crippen LogP contribution in [0.4, 0.5) is 0 Å². The zero-order valence-corrected chi connectivity index (χ0v) is 12.0. The van der Waals surface area contributed by atoms with Crippen molar-refractivity contribution in [2.45, 2.75) is 52.4 Å². The van der Waals surface area contributed by atoms with Crippen molar-refractivity contribution in [2.24, 2.45) is 47.3 Å². The number of rotatable bonds is 4. The van der Waals surface area contributed by atoms with Gasteiger partial charge < -0.3 is 0 Å². The third kappa shape index (κ3) is 1.44. The Morgan fingerprint density at radius 1 is 1.06 bits per heavy atom. The molecule has 0 heteroatoms. The van der Waals surface area contributed by atoms with Gasteiger partial charge in [-0.15, -0.1) is 0 Å². The van der Waals surface area contributed by atoms with Gasteiger partial charge in [0, 0.05) is 0 Å². The molecule has 18 heavy (non-hydrogen) atoms. The molecule has 100 valence electrons. The Bertz CT molecular complexity index is 355. The zero-order chi connectivity index (χ0) is 12.3. The normalized spacial score (nSPS) is 53.1. The highest BCUT2D eigenvalue weighted by molar-refractivity contribution is 5.20. The van der Waals surface area contributed by atoms with E-state index in [4.69, 9.17) is 0 Å². The van der Waals surface area contributed by atoms with Crippen molar-refractivity contribution in [2.75, 3.05) is 0 Å². The van der Waals surface area contributed by atoms with Crippen LogP contribution in [-0.2, 0) is 0 Å². The maximum Gasteiger partial charge on any atom is -0.0194 e. The van der Waals surface area contributed by atoms with Gasteiger partial charge in [0.25, 0.3) is 0 Å². The average molecular weight is 244 g/mol.